The third kappa shape index (κ3) is 2.92. The third-order valence-electron chi connectivity index (χ3n) is 3.27. The van der Waals surface area contributed by atoms with E-state index in [1.165, 1.54) is 12.1 Å². The lowest BCUT2D eigenvalue weighted by Crippen LogP contribution is -2.04. The van der Waals surface area contributed by atoms with Crippen LogP contribution in [-0.4, -0.2) is 15.2 Å². The fourth-order valence-corrected chi connectivity index (χ4v) is 2.13. The molecular formula is C16H9F3N4. The van der Waals surface area contributed by atoms with E-state index in [0.29, 0.717) is 28.2 Å². The Morgan fingerprint density at radius 3 is 2.26 bits per heavy atom. The van der Waals surface area contributed by atoms with E-state index in [1.54, 1.807) is 24.4 Å². The number of aromatic nitrogens is 3. The second-order valence-electron chi connectivity index (χ2n) is 4.74. The fourth-order valence-electron chi connectivity index (χ4n) is 2.13. The second-order valence-corrected chi connectivity index (χ2v) is 4.74. The van der Waals surface area contributed by atoms with Crippen LogP contribution in [0, 0.1) is 11.3 Å². The molecule has 23 heavy (non-hydrogen) atoms. The molecule has 1 aromatic carbocycles. The molecule has 0 radical (unpaired) electrons. The molecule has 0 amide bonds. The van der Waals surface area contributed by atoms with Crippen molar-refractivity contribution in [3.05, 3.63) is 59.8 Å². The molecule has 0 unspecified atom stereocenters. The Morgan fingerprint density at radius 2 is 1.70 bits per heavy atom. The Kier molecular flexibility index (Phi) is 3.58. The zero-order valence-corrected chi connectivity index (χ0v) is 11.6. The van der Waals surface area contributed by atoms with Crippen LogP contribution < -0.4 is 0 Å². The van der Waals surface area contributed by atoms with Gasteiger partial charge in [-0.15, -0.1) is 0 Å². The highest BCUT2D eigenvalue weighted by atomic mass is 19.4. The van der Waals surface area contributed by atoms with Crippen molar-refractivity contribution in [1.82, 2.24) is 15.2 Å². The first kappa shape index (κ1) is 14.8. The molecule has 2 aromatic heterocycles. The summed E-state index contributed by atoms with van der Waals surface area (Å²) in [5.41, 5.74) is 1.49. The minimum absolute atomic E-state index is 0.341. The lowest BCUT2D eigenvalue weighted by atomic mass is 10.1. The maximum absolute atomic E-state index is 12.6. The molecule has 2 heterocycles. The van der Waals surface area contributed by atoms with E-state index in [9.17, 15) is 13.2 Å². The molecule has 0 aliphatic carbocycles. The Morgan fingerprint density at radius 1 is 0.957 bits per heavy atom. The van der Waals surface area contributed by atoms with Crippen LogP contribution in [-0.2, 0) is 6.18 Å². The quantitative estimate of drug-likeness (QED) is 0.776. The van der Waals surface area contributed by atoms with Gasteiger partial charge in [0.15, 0.2) is 0 Å². The van der Waals surface area contributed by atoms with Crippen LogP contribution in [0.5, 0.6) is 0 Å². The highest BCUT2D eigenvalue weighted by Gasteiger charge is 2.30. The van der Waals surface area contributed by atoms with Gasteiger partial charge in [-0.3, -0.25) is 5.10 Å². The predicted molar refractivity (Wildman–Crippen MR) is 77.0 cm³/mol. The van der Waals surface area contributed by atoms with Gasteiger partial charge in [0, 0.05) is 11.8 Å². The SMILES string of the molecule is N#Cc1ccc(-c2ccc(C(F)(F)F)cc2)nc1-c1cc[nH]n1. The molecule has 7 heteroatoms. The third-order valence-corrected chi connectivity index (χ3v) is 3.27. The molecular weight excluding hydrogens is 305 g/mol. The smallest absolute Gasteiger partial charge is 0.285 e. The number of nitrogens with zero attached hydrogens (tertiary/aromatic N) is 3. The van der Waals surface area contributed by atoms with Gasteiger partial charge in [0.1, 0.15) is 17.5 Å². The van der Waals surface area contributed by atoms with E-state index in [4.69, 9.17) is 5.26 Å². The molecule has 0 atom stereocenters. The van der Waals surface area contributed by atoms with Gasteiger partial charge in [-0.25, -0.2) is 4.98 Å². The maximum atomic E-state index is 12.6. The number of aromatic amines is 1. The number of rotatable bonds is 2. The molecule has 0 saturated carbocycles. The van der Waals surface area contributed by atoms with Gasteiger partial charge in [0.25, 0.3) is 0 Å². The zero-order chi connectivity index (χ0) is 16.4. The number of H-pyrrole nitrogens is 1. The highest BCUT2D eigenvalue weighted by molar-refractivity contribution is 5.69. The first-order valence-corrected chi connectivity index (χ1v) is 6.58. The van der Waals surface area contributed by atoms with E-state index >= 15 is 0 Å². The second kappa shape index (κ2) is 5.57. The van der Waals surface area contributed by atoms with Gasteiger partial charge >= 0.3 is 6.18 Å². The number of nitrogens with one attached hydrogen (secondary N) is 1. The maximum Gasteiger partial charge on any atom is 0.416 e. The first-order valence-electron chi connectivity index (χ1n) is 6.58. The highest BCUT2D eigenvalue weighted by Crippen LogP contribution is 2.31. The Labute approximate surface area is 129 Å². The van der Waals surface area contributed by atoms with Crippen molar-refractivity contribution >= 4 is 0 Å². The summed E-state index contributed by atoms with van der Waals surface area (Å²) in [6.07, 6.45) is -2.78. The van der Waals surface area contributed by atoms with Crippen molar-refractivity contribution in [3.63, 3.8) is 0 Å². The largest absolute Gasteiger partial charge is 0.416 e. The minimum atomic E-state index is -4.38. The van der Waals surface area contributed by atoms with Crippen LogP contribution in [0.25, 0.3) is 22.6 Å². The van der Waals surface area contributed by atoms with Crippen LogP contribution in [0.3, 0.4) is 0 Å². The summed E-state index contributed by atoms with van der Waals surface area (Å²) < 4.78 is 37.8. The number of hydrogen-bond donors (Lipinski definition) is 1. The summed E-state index contributed by atoms with van der Waals surface area (Å²) in [5.74, 6) is 0. The van der Waals surface area contributed by atoms with Gasteiger partial charge in [0.2, 0.25) is 0 Å². The van der Waals surface area contributed by atoms with Crippen molar-refractivity contribution in [2.75, 3.05) is 0 Å². The van der Waals surface area contributed by atoms with Crippen LogP contribution in [0.15, 0.2) is 48.7 Å². The average Bonchev–Trinajstić information content (AvgIpc) is 3.08. The standard InChI is InChI=1S/C16H9F3N4/c17-16(18,19)12-4-1-10(2-5-12)13-6-3-11(9-20)15(22-13)14-7-8-21-23-14/h1-8H,(H,21,23). The minimum Gasteiger partial charge on any atom is -0.285 e. The van der Waals surface area contributed by atoms with E-state index in [0.717, 1.165) is 12.1 Å². The number of alkyl halides is 3. The molecule has 0 saturated heterocycles. The molecule has 4 nitrogen and oxygen atoms in total. The monoisotopic (exact) mass is 314 g/mol. The summed E-state index contributed by atoms with van der Waals surface area (Å²) in [4.78, 5) is 4.36. The molecule has 1 N–H and O–H groups in total. The van der Waals surface area contributed by atoms with Gasteiger partial charge in [-0.05, 0) is 30.3 Å². The summed E-state index contributed by atoms with van der Waals surface area (Å²) in [7, 11) is 0. The lowest BCUT2D eigenvalue weighted by molar-refractivity contribution is -0.137. The van der Waals surface area contributed by atoms with Crippen LogP contribution in [0.2, 0.25) is 0 Å². The number of benzene rings is 1. The van der Waals surface area contributed by atoms with E-state index in [-0.39, 0.29) is 0 Å². The van der Waals surface area contributed by atoms with Gasteiger partial charge in [-0.1, -0.05) is 12.1 Å². The number of halogens is 3. The lowest BCUT2D eigenvalue weighted by Gasteiger charge is -2.08. The van der Waals surface area contributed by atoms with Crippen molar-refractivity contribution in [2.24, 2.45) is 0 Å². The summed E-state index contributed by atoms with van der Waals surface area (Å²) in [6.45, 7) is 0. The molecule has 3 aromatic rings. The van der Waals surface area contributed by atoms with Crippen molar-refractivity contribution in [2.45, 2.75) is 6.18 Å². The number of nitriles is 1. The topological polar surface area (TPSA) is 65.4 Å². The van der Waals surface area contributed by atoms with E-state index in [1.807, 2.05) is 6.07 Å². The Bertz CT molecular complexity index is 860. The fraction of sp³-hybridized carbons (Fsp3) is 0.0625. The number of hydrogen-bond acceptors (Lipinski definition) is 3. The van der Waals surface area contributed by atoms with Crippen molar-refractivity contribution in [3.8, 4) is 28.7 Å². The Hall–Kier alpha value is -3.14. The molecule has 0 aliphatic rings. The molecule has 0 aliphatic heterocycles. The van der Waals surface area contributed by atoms with E-state index in [2.05, 4.69) is 15.2 Å². The molecule has 3 rings (SSSR count). The zero-order valence-electron chi connectivity index (χ0n) is 11.6. The summed E-state index contributed by atoms with van der Waals surface area (Å²) >= 11 is 0. The van der Waals surface area contributed by atoms with Crippen LogP contribution in [0.4, 0.5) is 13.2 Å². The number of pyridine rings is 1. The first-order chi connectivity index (χ1) is 11.0. The Balaban J connectivity index is 2.04. The molecule has 0 bridgehead atoms. The van der Waals surface area contributed by atoms with Gasteiger partial charge in [-0.2, -0.15) is 23.5 Å². The average molecular weight is 314 g/mol. The van der Waals surface area contributed by atoms with Crippen LogP contribution in [0.1, 0.15) is 11.1 Å². The molecule has 0 fully saturated rings. The van der Waals surface area contributed by atoms with Gasteiger partial charge in [0.05, 0.1) is 16.8 Å². The van der Waals surface area contributed by atoms with E-state index < -0.39 is 11.7 Å². The normalized spacial score (nSPS) is 11.2. The van der Waals surface area contributed by atoms with Crippen molar-refractivity contribution < 1.29 is 13.2 Å². The van der Waals surface area contributed by atoms with Crippen LogP contribution >= 0.6 is 0 Å². The molecule has 114 valence electrons. The van der Waals surface area contributed by atoms with Gasteiger partial charge < -0.3 is 0 Å². The molecule has 0 spiro atoms. The summed E-state index contributed by atoms with van der Waals surface area (Å²) in [6, 6.07) is 11.6. The summed E-state index contributed by atoms with van der Waals surface area (Å²) in [5, 5.41) is 15.8. The van der Waals surface area contributed by atoms with Crippen molar-refractivity contribution in [1.29, 1.82) is 5.26 Å². The predicted octanol–water partition coefficient (Wildman–Crippen LogP) is 4.03.